The van der Waals surface area contributed by atoms with E-state index < -0.39 is 7.60 Å². The van der Waals surface area contributed by atoms with Gasteiger partial charge in [0.05, 0.1) is 56.4 Å². The SMILES string of the molecule is CCCCCCCCP(=O)([O-])[O-].C[N+](C)(C)C.C[N+](C)(C)C. The fourth-order valence-electron chi connectivity index (χ4n) is 1.09. The van der Waals surface area contributed by atoms with Crippen LogP contribution in [0.1, 0.15) is 45.4 Å². The molecule has 0 aromatic carbocycles. The van der Waals surface area contributed by atoms with Gasteiger partial charge >= 0.3 is 0 Å². The first-order valence-electron chi connectivity index (χ1n) is 8.15. The van der Waals surface area contributed by atoms with E-state index in [1.807, 2.05) is 0 Å². The van der Waals surface area contributed by atoms with Crippen molar-refractivity contribution in [1.82, 2.24) is 0 Å². The Hall–Kier alpha value is 0.0700. The monoisotopic (exact) mass is 340 g/mol. The van der Waals surface area contributed by atoms with Gasteiger partial charge in [0.2, 0.25) is 0 Å². The van der Waals surface area contributed by atoms with E-state index in [1.165, 1.54) is 12.8 Å². The van der Waals surface area contributed by atoms with E-state index in [9.17, 15) is 14.4 Å². The van der Waals surface area contributed by atoms with Gasteiger partial charge in [-0.05, 0) is 12.6 Å². The summed E-state index contributed by atoms with van der Waals surface area (Å²) in [5.41, 5.74) is 0. The van der Waals surface area contributed by atoms with Crippen molar-refractivity contribution in [3.05, 3.63) is 0 Å². The molecule has 5 nitrogen and oxygen atoms in total. The summed E-state index contributed by atoms with van der Waals surface area (Å²) in [5.74, 6) is 0. The van der Waals surface area contributed by atoms with Crippen LogP contribution in [0.15, 0.2) is 0 Å². The molecule has 0 saturated carbocycles. The number of unbranched alkanes of at least 4 members (excludes halogenated alkanes) is 5. The molecule has 0 aliphatic heterocycles. The van der Waals surface area contributed by atoms with Crippen LogP contribution in [0.5, 0.6) is 0 Å². The molecule has 6 heteroatoms. The van der Waals surface area contributed by atoms with E-state index in [-0.39, 0.29) is 6.16 Å². The highest BCUT2D eigenvalue weighted by Gasteiger charge is 1.92. The Labute approximate surface area is 139 Å². The summed E-state index contributed by atoms with van der Waals surface area (Å²) in [6.45, 7) is 2.13. The molecule has 0 atom stereocenters. The molecule has 0 saturated heterocycles. The van der Waals surface area contributed by atoms with Crippen molar-refractivity contribution in [2.45, 2.75) is 45.4 Å². The van der Waals surface area contributed by atoms with E-state index in [2.05, 4.69) is 63.3 Å². The molecular weight excluding hydrogens is 299 g/mol. The average Bonchev–Trinajstić information content (AvgIpc) is 2.16. The Balaban J connectivity index is -0.000000298. The summed E-state index contributed by atoms with van der Waals surface area (Å²) in [6.07, 6.45) is 5.82. The zero-order valence-corrected chi connectivity index (χ0v) is 17.4. The van der Waals surface area contributed by atoms with Crippen LogP contribution >= 0.6 is 7.60 Å². The molecule has 0 N–H and O–H groups in total. The van der Waals surface area contributed by atoms with E-state index in [4.69, 9.17) is 0 Å². The topological polar surface area (TPSA) is 63.2 Å². The van der Waals surface area contributed by atoms with E-state index in [0.717, 1.165) is 28.2 Å². The number of rotatable bonds is 7. The van der Waals surface area contributed by atoms with Crippen molar-refractivity contribution in [3.8, 4) is 0 Å². The number of quaternary nitrogens is 2. The summed E-state index contributed by atoms with van der Waals surface area (Å²) < 4.78 is 12.2. The van der Waals surface area contributed by atoms with Gasteiger partial charge in [-0.15, -0.1) is 0 Å². The van der Waals surface area contributed by atoms with Crippen molar-refractivity contribution in [2.75, 3.05) is 62.5 Å². The van der Waals surface area contributed by atoms with Crippen molar-refractivity contribution >= 4 is 7.60 Å². The minimum absolute atomic E-state index is 0.168. The third-order valence-electron chi connectivity index (χ3n) is 1.79. The second-order valence-corrected chi connectivity index (χ2v) is 10.1. The van der Waals surface area contributed by atoms with Gasteiger partial charge < -0.3 is 23.3 Å². The molecule has 0 aromatic heterocycles. The van der Waals surface area contributed by atoms with Gasteiger partial charge in [0.15, 0.2) is 0 Å². The Bertz CT molecular complexity index is 254. The molecule has 0 aliphatic carbocycles. The highest BCUT2D eigenvalue weighted by atomic mass is 31.2. The number of nitrogens with zero attached hydrogens (tertiary/aromatic N) is 2. The van der Waals surface area contributed by atoms with Crippen LogP contribution in [0.4, 0.5) is 0 Å². The predicted molar refractivity (Wildman–Crippen MR) is 93.8 cm³/mol. The molecule has 0 radical (unpaired) electrons. The molecule has 0 rings (SSSR count). The summed E-state index contributed by atoms with van der Waals surface area (Å²) in [5, 5.41) is 0. The lowest BCUT2D eigenvalue weighted by atomic mass is 10.1. The normalized spacial score (nSPS) is 12.0. The van der Waals surface area contributed by atoms with Crippen molar-refractivity contribution in [1.29, 1.82) is 0 Å². The van der Waals surface area contributed by atoms with Gasteiger partial charge in [-0.2, -0.15) is 0 Å². The van der Waals surface area contributed by atoms with Crippen LogP contribution in [0.2, 0.25) is 0 Å². The van der Waals surface area contributed by atoms with Gasteiger partial charge in [-0.1, -0.05) is 46.6 Å². The second-order valence-electron chi connectivity index (χ2n) is 8.47. The first-order chi connectivity index (χ1) is 9.56. The third-order valence-corrected chi connectivity index (χ3v) is 2.65. The lowest BCUT2D eigenvalue weighted by Gasteiger charge is -2.29. The maximum Gasteiger partial charge on any atom is 0.0675 e. The molecule has 22 heavy (non-hydrogen) atoms. The predicted octanol–water partition coefficient (Wildman–Crippen LogP) is 1.91. The van der Waals surface area contributed by atoms with E-state index in [1.54, 1.807) is 0 Å². The Morgan fingerprint density at radius 3 is 1.23 bits per heavy atom. The second kappa shape index (κ2) is 13.5. The standard InChI is InChI=1S/C8H19O3P.2C4H12N/c1-2-3-4-5-6-7-8-12(9,10)11;2*1-5(2,3)4/h2-8H2,1H3,(H2,9,10,11);2*1-4H3/q;2*+1/p-2. The van der Waals surface area contributed by atoms with Crippen LogP contribution in [0.3, 0.4) is 0 Å². The lowest BCUT2D eigenvalue weighted by Crippen LogP contribution is -2.27. The summed E-state index contributed by atoms with van der Waals surface area (Å²) in [7, 11) is 12.8. The zero-order chi connectivity index (χ0) is 18.4. The molecule has 0 spiro atoms. The van der Waals surface area contributed by atoms with Crippen molar-refractivity contribution in [3.63, 3.8) is 0 Å². The molecule has 0 bridgehead atoms. The van der Waals surface area contributed by atoms with E-state index in [0.29, 0.717) is 6.42 Å². The minimum atomic E-state index is -4.22. The Kier molecular flexibility index (Phi) is 16.5. The van der Waals surface area contributed by atoms with Crippen molar-refractivity contribution in [2.24, 2.45) is 0 Å². The quantitative estimate of drug-likeness (QED) is 0.404. The van der Waals surface area contributed by atoms with Crippen molar-refractivity contribution < 1.29 is 23.3 Å². The number of hydrogen-bond acceptors (Lipinski definition) is 3. The zero-order valence-electron chi connectivity index (χ0n) is 16.5. The van der Waals surface area contributed by atoms with Crippen LogP contribution in [-0.2, 0) is 4.57 Å². The van der Waals surface area contributed by atoms with Gasteiger partial charge in [0, 0.05) is 0 Å². The highest BCUT2D eigenvalue weighted by Crippen LogP contribution is 2.24. The fourth-order valence-corrected chi connectivity index (χ4v) is 1.70. The molecule has 0 aliphatic rings. The molecule has 0 unspecified atom stereocenters. The lowest BCUT2D eigenvalue weighted by molar-refractivity contribution is -0.849. The largest absolute Gasteiger partial charge is 0.811 e. The fraction of sp³-hybridized carbons (Fsp3) is 1.00. The molecule has 138 valence electrons. The summed E-state index contributed by atoms with van der Waals surface area (Å²) in [6, 6.07) is 0. The smallest absolute Gasteiger partial charge is 0.0675 e. The molecule has 0 fully saturated rings. The molecular formula is C16H41N2O3P. The van der Waals surface area contributed by atoms with Gasteiger partial charge in [-0.3, -0.25) is 0 Å². The minimum Gasteiger partial charge on any atom is -0.811 e. The Morgan fingerprint density at radius 2 is 0.955 bits per heavy atom. The van der Waals surface area contributed by atoms with Crippen LogP contribution < -0.4 is 9.79 Å². The maximum atomic E-state index is 10.2. The first kappa shape index (κ1) is 26.9. The van der Waals surface area contributed by atoms with Crippen LogP contribution in [-0.4, -0.2) is 71.5 Å². The van der Waals surface area contributed by atoms with E-state index >= 15 is 0 Å². The number of hydrogen-bond donors (Lipinski definition) is 0. The summed E-state index contributed by atoms with van der Waals surface area (Å²) >= 11 is 0. The maximum absolute atomic E-state index is 10.2. The van der Waals surface area contributed by atoms with Gasteiger partial charge in [0.25, 0.3) is 0 Å². The molecule has 0 heterocycles. The third kappa shape index (κ3) is 88.7. The van der Waals surface area contributed by atoms with Gasteiger partial charge in [0.1, 0.15) is 0 Å². The van der Waals surface area contributed by atoms with Gasteiger partial charge in [-0.25, -0.2) is 0 Å². The first-order valence-corrected chi connectivity index (χ1v) is 9.88. The summed E-state index contributed by atoms with van der Waals surface area (Å²) in [4.78, 5) is 20.4. The Morgan fingerprint density at radius 1 is 0.682 bits per heavy atom. The average molecular weight is 340 g/mol. The molecule has 0 aromatic rings. The highest BCUT2D eigenvalue weighted by molar-refractivity contribution is 7.48. The van der Waals surface area contributed by atoms with Crippen LogP contribution in [0, 0.1) is 0 Å². The molecule has 0 amide bonds. The van der Waals surface area contributed by atoms with Crippen LogP contribution in [0.25, 0.3) is 0 Å².